The fourth-order valence-electron chi connectivity index (χ4n) is 2.32. The van der Waals surface area contributed by atoms with Crippen molar-refractivity contribution in [2.45, 2.75) is 11.7 Å². The zero-order valence-electron chi connectivity index (χ0n) is 14.4. The number of hydrogen-bond acceptors (Lipinski definition) is 5. The zero-order valence-corrected chi connectivity index (χ0v) is 18.3. The number of pyridine rings is 1. The van der Waals surface area contributed by atoms with Crippen molar-refractivity contribution in [1.82, 2.24) is 19.7 Å². The zero-order chi connectivity index (χ0) is 20.1. The van der Waals surface area contributed by atoms with Crippen molar-refractivity contribution in [3.05, 3.63) is 63.7 Å². The fourth-order valence-corrected chi connectivity index (χ4v) is 3.79. The first-order valence-electron chi connectivity index (χ1n) is 8.01. The van der Waals surface area contributed by atoms with E-state index < -0.39 is 0 Å². The lowest BCUT2D eigenvalue weighted by Crippen LogP contribution is -2.15. The van der Waals surface area contributed by atoms with Crippen molar-refractivity contribution < 1.29 is 4.79 Å². The molecule has 0 saturated carbocycles. The maximum Gasteiger partial charge on any atom is 0.236 e. The lowest BCUT2D eigenvalue weighted by Gasteiger charge is -2.09. The highest BCUT2D eigenvalue weighted by Gasteiger charge is 2.17. The number of carbonyl (C=O) groups excluding carboxylic acids is 1. The minimum absolute atomic E-state index is 0.154. The van der Waals surface area contributed by atoms with Crippen LogP contribution in [0.4, 0.5) is 5.82 Å². The Morgan fingerprint density at radius 2 is 2.11 bits per heavy atom. The molecule has 144 valence electrons. The molecule has 0 fully saturated rings. The van der Waals surface area contributed by atoms with Crippen LogP contribution in [0.3, 0.4) is 0 Å². The molecule has 28 heavy (non-hydrogen) atoms. The van der Waals surface area contributed by atoms with Gasteiger partial charge in [-0.2, -0.15) is 0 Å². The molecule has 0 aliphatic carbocycles. The Morgan fingerprint density at radius 1 is 1.29 bits per heavy atom. The van der Waals surface area contributed by atoms with E-state index in [1.165, 1.54) is 11.8 Å². The summed E-state index contributed by atoms with van der Waals surface area (Å²) < 4.78 is 2.68. The van der Waals surface area contributed by atoms with Gasteiger partial charge in [-0.3, -0.25) is 9.36 Å². The van der Waals surface area contributed by atoms with Crippen LogP contribution in [0.5, 0.6) is 0 Å². The van der Waals surface area contributed by atoms with Gasteiger partial charge in [0.05, 0.1) is 10.8 Å². The molecule has 3 rings (SSSR count). The highest BCUT2D eigenvalue weighted by Crippen LogP contribution is 2.31. The lowest BCUT2D eigenvalue weighted by molar-refractivity contribution is -0.113. The molecule has 1 amide bonds. The number of thioether (sulfide) groups is 1. The first-order chi connectivity index (χ1) is 13.5. The molecule has 0 radical (unpaired) electrons. The van der Waals surface area contributed by atoms with E-state index in [0.29, 0.717) is 39.0 Å². The van der Waals surface area contributed by atoms with Crippen LogP contribution in [0, 0.1) is 0 Å². The standard InChI is InChI=1S/C18H14BrCl2N5OS/c1-2-7-26-17(13-5-4-12(20)8-14(13)21)24-25-18(26)28-10-16(27)23-15-6-3-11(19)9-22-15/h2-6,8-9H,1,7,10H2,(H,22,23,27). The third-order valence-corrected chi connectivity index (χ3v) is 5.51. The molecular weight excluding hydrogens is 485 g/mol. The van der Waals surface area contributed by atoms with E-state index in [9.17, 15) is 4.79 Å². The van der Waals surface area contributed by atoms with Gasteiger partial charge in [-0.1, -0.05) is 41.0 Å². The molecule has 1 N–H and O–H groups in total. The van der Waals surface area contributed by atoms with E-state index in [4.69, 9.17) is 23.2 Å². The molecule has 2 aromatic heterocycles. The third kappa shape index (κ3) is 5.14. The second-order valence-corrected chi connectivity index (χ2v) is 8.23. The van der Waals surface area contributed by atoms with E-state index in [-0.39, 0.29) is 11.7 Å². The highest BCUT2D eigenvalue weighted by atomic mass is 79.9. The van der Waals surface area contributed by atoms with Crippen LogP contribution >= 0.6 is 50.9 Å². The number of aromatic nitrogens is 4. The minimum atomic E-state index is -0.195. The summed E-state index contributed by atoms with van der Waals surface area (Å²) in [5.74, 6) is 1.02. The molecule has 0 unspecified atom stereocenters. The number of carbonyl (C=O) groups is 1. The average molecular weight is 499 g/mol. The first-order valence-corrected chi connectivity index (χ1v) is 10.5. The van der Waals surface area contributed by atoms with Crippen LogP contribution in [-0.2, 0) is 11.3 Å². The number of halogens is 3. The Hall–Kier alpha value is -1.87. The number of benzene rings is 1. The number of nitrogens with zero attached hydrogens (tertiary/aromatic N) is 4. The molecule has 0 bridgehead atoms. The van der Waals surface area contributed by atoms with E-state index in [2.05, 4.69) is 43.0 Å². The van der Waals surface area contributed by atoms with Gasteiger partial charge >= 0.3 is 0 Å². The van der Waals surface area contributed by atoms with Crippen LogP contribution in [0.15, 0.2) is 58.8 Å². The Morgan fingerprint density at radius 3 is 2.79 bits per heavy atom. The summed E-state index contributed by atoms with van der Waals surface area (Å²) >= 11 is 16.8. The molecule has 0 saturated heterocycles. The molecule has 0 atom stereocenters. The lowest BCUT2D eigenvalue weighted by atomic mass is 10.2. The molecule has 2 heterocycles. The predicted molar refractivity (Wildman–Crippen MR) is 117 cm³/mol. The largest absolute Gasteiger partial charge is 0.310 e. The van der Waals surface area contributed by atoms with Crippen molar-refractivity contribution >= 4 is 62.6 Å². The SMILES string of the molecule is C=CCn1c(SCC(=O)Nc2ccc(Br)cn2)nnc1-c1ccc(Cl)cc1Cl. The van der Waals surface area contributed by atoms with E-state index >= 15 is 0 Å². The second-order valence-electron chi connectivity index (χ2n) is 5.53. The van der Waals surface area contributed by atoms with E-state index in [1.54, 1.807) is 42.6 Å². The minimum Gasteiger partial charge on any atom is -0.310 e. The van der Waals surface area contributed by atoms with Gasteiger partial charge in [-0.15, -0.1) is 16.8 Å². The van der Waals surface area contributed by atoms with Crippen molar-refractivity contribution in [2.24, 2.45) is 0 Å². The Balaban J connectivity index is 1.75. The van der Waals surface area contributed by atoms with Crippen LogP contribution in [0.1, 0.15) is 0 Å². The predicted octanol–water partition coefficient (Wildman–Crippen LogP) is 5.33. The van der Waals surface area contributed by atoms with Crippen LogP contribution in [-0.4, -0.2) is 31.4 Å². The van der Waals surface area contributed by atoms with Gasteiger partial charge in [0, 0.05) is 27.8 Å². The number of rotatable bonds is 7. The van der Waals surface area contributed by atoms with E-state index in [0.717, 1.165) is 4.47 Å². The number of anilines is 1. The molecule has 0 aliphatic rings. The first kappa shape index (κ1) is 20.9. The summed E-state index contributed by atoms with van der Waals surface area (Å²) in [7, 11) is 0. The highest BCUT2D eigenvalue weighted by molar-refractivity contribution is 9.10. The van der Waals surface area contributed by atoms with Crippen LogP contribution in [0.2, 0.25) is 10.0 Å². The Kier molecular flexibility index (Phi) is 7.12. The van der Waals surface area contributed by atoms with Crippen molar-refractivity contribution in [3.63, 3.8) is 0 Å². The van der Waals surface area contributed by atoms with E-state index in [1.807, 2.05) is 4.57 Å². The molecule has 0 aliphatic heterocycles. The van der Waals surface area contributed by atoms with Gasteiger partial charge < -0.3 is 5.32 Å². The summed E-state index contributed by atoms with van der Waals surface area (Å²) in [5.41, 5.74) is 0.704. The van der Waals surface area contributed by atoms with Crippen molar-refractivity contribution in [2.75, 3.05) is 11.1 Å². The summed E-state index contributed by atoms with van der Waals surface area (Å²) in [6.45, 7) is 4.25. The Labute approximate surface area is 184 Å². The molecule has 6 nitrogen and oxygen atoms in total. The van der Waals surface area contributed by atoms with Gasteiger partial charge in [-0.05, 0) is 46.3 Å². The van der Waals surface area contributed by atoms with Gasteiger partial charge in [0.25, 0.3) is 0 Å². The molecule has 1 aromatic carbocycles. The number of hydrogen-bond donors (Lipinski definition) is 1. The fraction of sp³-hybridized carbons (Fsp3) is 0.111. The summed E-state index contributed by atoms with van der Waals surface area (Å²) in [6, 6.07) is 8.69. The number of allylic oxidation sites excluding steroid dienone is 1. The van der Waals surface area contributed by atoms with Gasteiger partial charge in [0.2, 0.25) is 5.91 Å². The molecule has 10 heteroatoms. The van der Waals surface area contributed by atoms with Crippen LogP contribution < -0.4 is 5.32 Å². The van der Waals surface area contributed by atoms with Crippen molar-refractivity contribution in [3.8, 4) is 11.4 Å². The Bertz CT molecular complexity index is 1010. The summed E-state index contributed by atoms with van der Waals surface area (Å²) in [5, 5.41) is 12.8. The normalized spacial score (nSPS) is 10.7. The second kappa shape index (κ2) is 9.56. The van der Waals surface area contributed by atoms with Gasteiger partial charge in [0.1, 0.15) is 5.82 Å². The molecule has 3 aromatic rings. The molecule has 0 spiro atoms. The van der Waals surface area contributed by atoms with Gasteiger partial charge in [0.15, 0.2) is 11.0 Å². The number of amides is 1. The van der Waals surface area contributed by atoms with Crippen molar-refractivity contribution in [1.29, 1.82) is 0 Å². The maximum absolute atomic E-state index is 12.2. The smallest absolute Gasteiger partial charge is 0.236 e. The quantitative estimate of drug-likeness (QED) is 0.352. The monoisotopic (exact) mass is 497 g/mol. The van der Waals surface area contributed by atoms with Gasteiger partial charge in [-0.25, -0.2) is 4.98 Å². The summed E-state index contributed by atoms with van der Waals surface area (Å²) in [6.07, 6.45) is 3.35. The molecular formula is C18H14BrCl2N5OS. The van der Waals surface area contributed by atoms with Crippen LogP contribution in [0.25, 0.3) is 11.4 Å². The average Bonchev–Trinajstić information content (AvgIpc) is 3.05. The third-order valence-electron chi connectivity index (χ3n) is 3.53. The maximum atomic E-state index is 12.2. The number of nitrogens with one attached hydrogen (secondary N) is 1. The summed E-state index contributed by atoms with van der Waals surface area (Å²) in [4.78, 5) is 16.3. The topological polar surface area (TPSA) is 72.7 Å².